The van der Waals surface area contributed by atoms with E-state index in [-0.39, 0.29) is 0 Å². The second-order valence-corrected chi connectivity index (χ2v) is 5.00. The lowest BCUT2D eigenvalue weighted by molar-refractivity contribution is 0.398. The summed E-state index contributed by atoms with van der Waals surface area (Å²) in [5.41, 5.74) is 3.39. The Bertz CT molecular complexity index is 572. The zero-order valence-electron chi connectivity index (χ0n) is 11.8. The second kappa shape index (κ2) is 7.27. The van der Waals surface area contributed by atoms with Crippen LogP contribution in [0.3, 0.4) is 0 Å². The molecule has 0 spiro atoms. The van der Waals surface area contributed by atoms with Gasteiger partial charge in [-0.1, -0.05) is 24.6 Å². The quantitative estimate of drug-likeness (QED) is 0.819. The Kier molecular flexibility index (Phi) is 5.39. The molecule has 0 aliphatic rings. The largest absolute Gasteiger partial charge is 0.481 e. The van der Waals surface area contributed by atoms with Gasteiger partial charge in [-0.15, -0.1) is 0 Å². The van der Waals surface area contributed by atoms with E-state index in [2.05, 4.69) is 23.3 Å². The summed E-state index contributed by atoms with van der Waals surface area (Å²) in [6, 6.07) is 9.87. The molecule has 3 nitrogen and oxygen atoms in total. The van der Waals surface area contributed by atoms with Crippen LogP contribution in [0.25, 0.3) is 11.1 Å². The molecule has 1 aromatic heterocycles. The molecule has 1 N–H and O–H groups in total. The molecule has 0 fully saturated rings. The molecule has 0 aliphatic carbocycles. The summed E-state index contributed by atoms with van der Waals surface area (Å²) in [7, 11) is 1.62. The molecule has 0 radical (unpaired) electrons. The van der Waals surface area contributed by atoms with Gasteiger partial charge < -0.3 is 10.1 Å². The van der Waals surface area contributed by atoms with E-state index in [4.69, 9.17) is 16.3 Å². The number of aromatic nitrogens is 1. The summed E-state index contributed by atoms with van der Waals surface area (Å²) in [5.74, 6) is 0.606. The van der Waals surface area contributed by atoms with Gasteiger partial charge in [0.2, 0.25) is 5.88 Å². The average Bonchev–Trinajstić information content (AvgIpc) is 2.49. The summed E-state index contributed by atoms with van der Waals surface area (Å²) < 4.78 is 5.19. The number of benzene rings is 1. The Balaban J connectivity index is 2.34. The first kappa shape index (κ1) is 14.8. The maximum atomic E-state index is 6.13. The molecule has 0 saturated heterocycles. The molecule has 4 heteroatoms. The molecule has 2 rings (SSSR count). The maximum absolute atomic E-state index is 6.13. The number of nitrogens with one attached hydrogen (secondary N) is 1. The van der Waals surface area contributed by atoms with Crippen LogP contribution in [0.1, 0.15) is 18.9 Å². The van der Waals surface area contributed by atoms with Crippen molar-refractivity contribution in [1.29, 1.82) is 0 Å². The fourth-order valence-corrected chi connectivity index (χ4v) is 2.23. The molecule has 0 bridgehead atoms. The van der Waals surface area contributed by atoms with Crippen molar-refractivity contribution in [3.8, 4) is 17.0 Å². The van der Waals surface area contributed by atoms with E-state index in [0.29, 0.717) is 5.88 Å². The monoisotopic (exact) mass is 290 g/mol. The van der Waals surface area contributed by atoms with E-state index >= 15 is 0 Å². The van der Waals surface area contributed by atoms with Gasteiger partial charge in [0.05, 0.1) is 7.11 Å². The topological polar surface area (TPSA) is 34.2 Å². The van der Waals surface area contributed by atoms with Gasteiger partial charge in [0.15, 0.2) is 0 Å². The highest BCUT2D eigenvalue weighted by Gasteiger charge is 2.07. The number of hydrogen-bond donors (Lipinski definition) is 1. The normalized spacial score (nSPS) is 10.6. The highest BCUT2D eigenvalue weighted by atomic mass is 35.5. The molecule has 2 aromatic rings. The summed E-state index contributed by atoms with van der Waals surface area (Å²) in [6.45, 7) is 3.98. The van der Waals surface area contributed by atoms with Crippen LogP contribution in [0.15, 0.2) is 36.5 Å². The highest BCUT2D eigenvalue weighted by molar-refractivity contribution is 6.30. The number of halogens is 1. The lowest BCUT2D eigenvalue weighted by Gasteiger charge is -2.12. The minimum atomic E-state index is 0.606. The standard InChI is InChI=1S/C16H19ClN2O/c1-3-7-18-11-13-4-5-14(17)10-15(13)12-6-8-19-16(9-12)20-2/h4-6,8-10,18H,3,7,11H2,1-2H3. The Morgan fingerprint density at radius 1 is 1.25 bits per heavy atom. The smallest absolute Gasteiger partial charge is 0.213 e. The van der Waals surface area contributed by atoms with Crippen molar-refractivity contribution in [1.82, 2.24) is 10.3 Å². The molecule has 106 valence electrons. The van der Waals surface area contributed by atoms with Crippen LogP contribution in [0.5, 0.6) is 5.88 Å². The average molecular weight is 291 g/mol. The van der Waals surface area contributed by atoms with Crippen LogP contribution in [-0.2, 0) is 6.54 Å². The van der Waals surface area contributed by atoms with Crippen molar-refractivity contribution in [2.24, 2.45) is 0 Å². The van der Waals surface area contributed by atoms with Crippen LogP contribution in [0, 0.1) is 0 Å². The minimum absolute atomic E-state index is 0.606. The van der Waals surface area contributed by atoms with Crippen molar-refractivity contribution >= 4 is 11.6 Å². The zero-order valence-corrected chi connectivity index (χ0v) is 12.6. The van der Waals surface area contributed by atoms with Crippen molar-refractivity contribution in [3.63, 3.8) is 0 Å². The summed E-state index contributed by atoms with van der Waals surface area (Å²) >= 11 is 6.13. The minimum Gasteiger partial charge on any atom is -0.481 e. The third kappa shape index (κ3) is 3.71. The molecule has 0 saturated carbocycles. The lowest BCUT2D eigenvalue weighted by atomic mass is 10.0. The highest BCUT2D eigenvalue weighted by Crippen LogP contribution is 2.28. The number of rotatable bonds is 6. The summed E-state index contributed by atoms with van der Waals surface area (Å²) in [4.78, 5) is 4.14. The van der Waals surface area contributed by atoms with Gasteiger partial charge in [0.1, 0.15) is 0 Å². The SMILES string of the molecule is CCCNCc1ccc(Cl)cc1-c1ccnc(OC)c1. The molecule has 1 heterocycles. The first-order valence-corrected chi connectivity index (χ1v) is 7.12. The Hall–Kier alpha value is -1.58. The third-order valence-corrected chi connectivity index (χ3v) is 3.30. The Morgan fingerprint density at radius 3 is 2.85 bits per heavy atom. The maximum Gasteiger partial charge on any atom is 0.213 e. The molecule has 20 heavy (non-hydrogen) atoms. The lowest BCUT2D eigenvalue weighted by Crippen LogP contribution is -2.14. The van der Waals surface area contributed by atoms with E-state index in [1.165, 1.54) is 5.56 Å². The van der Waals surface area contributed by atoms with Crippen LogP contribution >= 0.6 is 11.6 Å². The van der Waals surface area contributed by atoms with Crippen molar-refractivity contribution in [3.05, 3.63) is 47.1 Å². The van der Waals surface area contributed by atoms with Gasteiger partial charge in [0.25, 0.3) is 0 Å². The predicted molar refractivity (Wildman–Crippen MR) is 83.2 cm³/mol. The summed E-state index contributed by atoms with van der Waals surface area (Å²) in [6.07, 6.45) is 2.87. The zero-order chi connectivity index (χ0) is 14.4. The van der Waals surface area contributed by atoms with Crippen LogP contribution in [0.4, 0.5) is 0 Å². The number of nitrogens with zero attached hydrogens (tertiary/aromatic N) is 1. The van der Waals surface area contributed by atoms with E-state index in [9.17, 15) is 0 Å². The fraction of sp³-hybridized carbons (Fsp3) is 0.312. The van der Waals surface area contributed by atoms with Gasteiger partial charge in [-0.05, 0) is 47.9 Å². The summed E-state index contributed by atoms with van der Waals surface area (Å²) in [5, 5.41) is 4.15. The number of hydrogen-bond acceptors (Lipinski definition) is 3. The van der Waals surface area contributed by atoms with Gasteiger partial charge in [0, 0.05) is 23.8 Å². The van der Waals surface area contributed by atoms with Crippen LogP contribution in [0.2, 0.25) is 5.02 Å². The van der Waals surface area contributed by atoms with Crippen molar-refractivity contribution in [2.45, 2.75) is 19.9 Å². The third-order valence-electron chi connectivity index (χ3n) is 3.07. The molecular formula is C16H19ClN2O. The van der Waals surface area contributed by atoms with E-state index < -0.39 is 0 Å². The molecule has 0 aliphatic heterocycles. The van der Waals surface area contributed by atoms with Crippen molar-refractivity contribution < 1.29 is 4.74 Å². The van der Waals surface area contributed by atoms with Gasteiger partial charge >= 0.3 is 0 Å². The van der Waals surface area contributed by atoms with Crippen molar-refractivity contribution in [2.75, 3.05) is 13.7 Å². The molecule has 0 amide bonds. The fourth-order valence-electron chi connectivity index (χ4n) is 2.06. The molecular weight excluding hydrogens is 272 g/mol. The first-order valence-electron chi connectivity index (χ1n) is 6.74. The van der Waals surface area contributed by atoms with E-state index in [1.54, 1.807) is 13.3 Å². The van der Waals surface area contributed by atoms with E-state index in [0.717, 1.165) is 35.7 Å². The van der Waals surface area contributed by atoms with Crippen LogP contribution in [-0.4, -0.2) is 18.6 Å². The Labute approximate surface area is 124 Å². The van der Waals surface area contributed by atoms with Crippen LogP contribution < -0.4 is 10.1 Å². The molecule has 0 atom stereocenters. The predicted octanol–water partition coefficient (Wildman–Crippen LogP) is 3.91. The Morgan fingerprint density at radius 2 is 2.10 bits per heavy atom. The van der Waals surface area contributed by atoms with E-state index in [1.807, 2.05) is 24.3 Å². The number of ether oxygens (including phenoxy) is 1. The molecule has 0 unspecified atom stereocenters. The molecule has 1 aromatic carbocycles. The first-order chi connectivity index (χ1) is 9.74. The van der Waals surface area contributed by atoms with Gasteiger partial charge in [-0.25, -0.2) is 4.98 Å². The van der Waals surface area contributed by atoms with Gasteiger partial charge in [-0.2, -0.15) is 0 Å². The number of methoxy groups -OCH3 is 1. The van der Waals surface area contributed by atoms with Gasteiger partial charge in [-0.3, -0.25) is 0 Å². The second-order valence-electron chi connectivity index (χ2n) is 4.57. The number of pyridine rings is 1.